The molecule has 0 saturated carbocycles. The zero-order valence-corrected chi connectivity index (χ0v) is 9.19. The lowest BCUT2D eigenvalue weighted by molar-refractivity contribution is 0.129. The zero-order valence-electron chi connectivity index (χ0n) is 9.19. The molecule has 3 rings (SSSR count). The number of hydroxylamine groups is 2. The molecule has 0 aliphatic carbocycles. The summed E-state index contributed by atoms with van der Waals surface area (Å²) in [6, 6.07) is 10.3. The zero-order chi connectivity index (χ0) is 10.7. The van der Waals surface area contributed by atoms with Gasteiger partial charge in [0.1, 0.15) is 0 Å². The summed E-state index contributed by atoms with van der Waals surface area (Å²) in [5.74, 6) is -0.408. The van der Waals surface area contributed by atoms with Gasteiger partial charge in [0.05, 0.1) is 11.3 Å². The summed E-state index contributed by atoms with van der Waals surface area (Å²) in [6.07, 6.45) is 0. The van der Waals surface area contributed by atoms with Crippen LogP contribution in [0, 0.1) is 0 Å². The first-order chi connectivity index (χ1) is 7.04. The van der Waals surface area contributed by atoms with E-state index >= 15 is 0 Å². The van der Waals surface area contributed by atoms with E-state index in [0.29, 0.717) is 0 Å². The van der Waals surface area contributed by atoms with Crippen LogP contribution in [0.5, 0.6) is 0 Å². The van der Waals surface area contributed by atoms with Gasteiger partial charge in [0.2, 0.25) is 0 Å². The summed E-state index contributed by atoms with van der Waals surface area (Å²) in [5, 5.41) is 1.95. The molecular formula is C12H14N2O. The molecule has 3 nitrogen and oxygen atoms in total. The second-order valence-corrected chi connectivity index (χ2v) is 4.71. The maximum absolute atomic E-state index is 5.45. The highest BCUT2D eigenvalue weighted by Gasteiger charge is 2.65. The molecule has 1 aromatic carbocycles. The smallest absolute Gasteiger partial charge is 0.246 e. The van der Waals surface area contributed by atoms with Gasteiger partial charge in [0.25, 0.3) is 5.85 Å². The average Bonchev–Trinajstić information content (AvgIpc) is 2.85. The predicted octanol–water partition coefficient (Wildman–Crippen LogP) is 2.19. The second kappa shape index (κ2) is 2.49. The van der Waals surface area contributed by atoms with Crippen LogP contribution in [-0.2, 0) is 4.84 Å². The predicted molar refractivity (Wildman–Crippen MR) is 58.4 cm³/mol. The summed E-state index contributed by atoms with van der Waals surface area (Å²) in [7, 11) is 0. The lowest BCUT2D eigenvalue weighted by Crippen LogP contribution is -2.37. The standard InChI is InChI=1S/C12H14N2O/c1-11(2)10(9-7-5-4-6-8-9)13-12(3)14(11)15-12/h4-8H,1-3H3. The number of hydrogen-bond acceptors (Lipinski definition) is 3. The molecule has 0 spiro atoms. The Bertz CT molecular complexity index is 438. The highest BCUT2D eigenvalue weighted by atomic mass is 16.9. The molecule has 2 heterocycles. The van der Waals surface area contributed by atoms with Crippen molar-refractivity contribution in [2.45, 2.75) is 32.2 Å². The van der Waals surface area contributed by atoms with Crippen LogP contribution >= 0.6 is 0 Å². The third-order valence-corrected chi connectivity index (χ3v) is 3.06. The van der Waals surface area contributed by atoms with Crippen molar-refractivity contribution in [1.29, 1.82) is 0 Å². The summed E-state index contributed by atoms with van der Waals surface area (Å²) < 4.78 is 0. The van der Waals surface area contributed by atoms with Crippen LogP contribution in [0.1, 0.15) is 26.3 Å². The molecule has 0 N–H and O–H groups in total. The molecule has 78 valence electrons. The first-order valence-corrected chi connectivity index (χ1v) is 5.19. The molecule has 1 fully saturated rings. The normalized spacial score (nSPS) is 35.9. The van der Waals surface area contributed by atoms with E-state index in [1.54, 1.807) is 0 Å². The van der Waals surface area contributed by atoms with Gasteiger partial charge in [0, 0.05) is 6.92 Å². The van der Waals surface area contributed by atoms with Crippen molar-refractivity contribution < 1.29 is 4.84 Å². The molecule has 0 bridgehead atoms. The van der Waals surface area contributed by atoms with Crippen molar-refractivity contribution in [3.05, 3.63) is 35.9 Å². The number of benzene rings is 1. The number of fused-ring (bicyclic) bond motifs is 1. The Balaban J connectivity index is 2.08. The Labute approximate surface area is 89.3 Å². The van der Waals surface area contributed by atoms with E-state index in [1.807, 2.05) is 30.2 Å². The van der Waals surface area contributed by atoms with Crippen molar-refractivity contribution in [1.82, 2.24) is 5.06 Å². The van der Waals surface area contributed by atoms with Crippen LogP contribution in [0.2, 0.25) is 0 Å². The molecule has 2 atom stereocenters. The SMILES string of the molecule is CC12N=C(c3ccccc3)C(C)(C)N1O2. The van der Waals surface area contributed by atoms with Gasteiger partial charge < -0.3 is 0 Å². The third kappa shape index (κ3) is 1.10. The minimum atomic E-state index is -0.408. The van der Waals surface area contributed by atoms with Crippen molar-refractivity contribution in [2.24, 2.45) is 4.99 Å². The van der Waals surface area contributed by atoms with Crippen LogP contribution < -0.4 is 0 Å². The maximum Gasteiger partial charge on any atom is 0.256 e. The van der Waals surface area contributed by atoms with Crippen LogP contribution in [0.3, 0.4) is 0 Å². The summed E-state index contributed by atoms with van der Waals surface area (Å²) in [4.78, 5) is 10.1. The van der Waals surface area contributed by atoms with E-state index < -0.39 is 5.85 Å². The molecule has 2 aliphatic rings. The summed E-state index contributed by atoms with van der Waals surface area (Å²) in [5.41, 5.74) is 2.16. The molecule has 0 radical (unpaired) electrons. The minimum absolute atomic E-state index is 0.129. The third-order valence-electron chi connectivity index (χ3n) is 3.06. The fraction of sp³-hybridized carbons (Fsp3) is 0.417. The van der Waals surface area contributed by atoms with Crippen LogP contribution in [0.15, 0.2) is 35.3 Å². The molecule has 2 unspecified atom stereocenters. The van der Waals surface area contributed by atoms with Crippen LogP contribution in [-0.4, -0.2) is 22.2 Å². The number of hydrogen-bond donors (Lipinski definition) is 0. The first kappa shape index (κ1) is 9.07. The van der Waals surface area contributed by atoms with Crippen molar-refractivity contribution >= 4 is 5.71 Å². The molecule has 1 saturated heterocycles. The van der Waals surface area contributed by atoms with E-state index in [9.17, 15) is 0 Å². The average molecular weight is 202 g/mol. The monoisotopic (exact) mass is 202 g/mol. The van der Waals surface area contributed by atoms with Crippen LogP contribution in [0.25, 0.3) is 0 Å². The lowest BCUT2D eigenvalue weighted by Gasteiger charge is -2.21. The van der Waals surface area contributed by atoms with E-state index in [0.717, 1.165) is 5.71 Å². The van der Waals surface area contributed by atoms with E-state index in [-0.39, 0.29) is 5.54 Å². The van der Waals surface area contributed by atoms with Gasteiger partial charge in [0.15, 0.2) is 0 Å². The van der Waals surface area contributed by atoms with Crippen molar-refractivity contribution in [3.63, 3.8) is 0 Å². The molecule has 3 heteroatoms. The number of rotatable bonds is 1. The first-order valence-electron chi connectivity index (χ1n) is 5.19. The van der Waals surface area contributed by atoms with Gasteiger partial charge in [-0.1, -0.05) is 30.3 Å². The highest BCUT2D eigenvalue weighted by molar-refractivity contribution is 6.08. The Morgan fingerprint density at radius 3 is 2.33 bits per heavy atom. The van der Waals surface area contributed by atoms with E-state index in [1.165, 1.54) is 5.56 Å². The minimum Gasteiger partial charge on any atom is -0.246 e. The second-order valence-electron chi connectivity index (χ2n) is 4.71. The highest BCUT2D eigenvalue weighted by Crippen LogP contribution is 2.49. The largest absolute Gasteiger partial charge is 0.256 e. The van der Waals surface area contributed by atoms with Crippen LogP contribution in [0.4, 0.5) is 0 Å². The van der Waals surface area contributed by atoms with Crippen molar-refractivity contribution in [2.75, 3.05) is 0 Å². The molecule has 2 aliphatic heterocycles. The van der Waals surface area contributed by atoms with Crippen molar-refractivity contribution in [3.8, 4) is 0 Å². The van der Waals surface area contributed by atoms with Gasteiger partial charge in [-0.25, -0.2) is 9.83 Å². The molecular weight excluding hydrogens is 188 g/mol. The number of aliphatic imine (C=N–C) groups is 1. The lowest BCUT2D eigenvalue weighted by atomic mass is 9.93. The number of nitrogens with zero attached hydrogens (tertiary/aromatic N) is 2. The summed E-state index contributed by atoms with van der Waals surface area (Å²) >= 11 is 0. The fourth-order valence-corrected chi connectivity index (χ4v) is 2.31. The Hall–Kier alpha value is -1.19. The van der Waals surface area contributed by atoms with E-state index in [2.05, 4.69) is 31.0 Å². The van der Waals surface area contributed by atoms with Gasteiger partial charge in [-0.05, 0) is 19.4 Å². The molecule has 0 aromatic heterocycles. The Morgan fingerprint density at radius 2 is 1.80 bits per heavy atom. The van der Waals surface area contributed by atoms with E-state index in [4.69, 9.17) is 4.84 Å². The van der Waals surface area contributed by atoms with Gasteiger partial charge in [-0.2, -0.15) is 0 Å². The Morgan fingerprint density at radius 1 is 1.13 bits per heavy atom. The Kier molecular flexibility index (Phi) is 1.50. The quantitative estimate of drug-likeness (QED) is 0.653. The molecule has 0 amide bonds. The van der Waals surface area contributed by atoms with Gasteiger partial charge in [-0.3, -0.25) is 0 Å². The topological polar surface area (TPSA) is 27.9 Å². The van der Waals surface area contributed by atoms with Gasteiger partial charge >= 0.3 is 0 Å². The molecule has 15 heavy (non-hydrogen) atoms. The van der Waals surface area contributed by atoms with Gasteiger partial charge in [-0.15, -0.1) is 5.06 Å². The summed E-state index contributed by atoms with van der Waals surface area (Å²) in [6.45, 7) is 6.26. The maximum atomic E-state index is 5.45. The fourth-order valence-electron chi connectivity index (χ4n) is 2.31. The molecule has 1 aromatic rings.